The summed E-state index contributed by atoms with van der Waals surface area (Å²) in [5.74, 6) is -0.828. The van der Waals surface area contributed by atoms with E-state index in [4.69, 9.17) is 9.73 Å². The van der Waals surface area contributed by atoms with E-state index in [2.05, 4.69) is 20.9 Å². The average Bonchev–Trinajstić information content (AvgIpc) is 3.09. The number of aromatic nitrogens is 2. The van der Waals surface area contributed by atoms with E-state index in [0.717, 1.165) is 15.7 Å². The van der Waals surface area contributed by atoms with Crippen molar-refractivity contribution in [1.82, 2.24) is 9.55 Å². The van der Waals surface area contributed by atoms with Crippen molar-refractivity contribution in [2.24, 2.45) is 4.99 Å². The first-order chi connectivity index (χ1) is 14.0. The molecule has 1 aromatic heterocycles. The maximum atomic E-state index is 14.7. The van der Waals surface area contributed by atoms with Crippen molar-refractivity contribution in [1.29, 1.82) is 0 Å². The van der Waals surface area contributed by atoms with Gasteiger partial charge in [0.1, 0.15) is 12.1 Å². The van der Waals surface area contributed by atoms with Crippen molar-refractivity contribution in [3.8, 4) is 5.69 Å². The zero-order chi connectivity index (χ0) is 20.5. The lowest BCUT2D eigenvalue weighted by atomic mass is 10.00. The largest absolute Gasteiger partial charge is 0.461 e. The fraction of sp³-hybridized carbons (Fsp3) is 0.227. The van der Waals surface area contributed by atoms with Gasteiger partial charge in [0.2, 0.25) is 0 Å². The van der Waals surface area contributed by atoms with Crippen LogP contribution >= 0.6 is 15.9 Å². The molecule has 1 atom stereocenters. The summed E-state index contributed by atoms with van der Waals surface area (Å²) >= 11 is 3.51. The Labute approximate surface area is 176 Å². The number of nitrogens with zero attached hydrogens (tertiary/aromatic N) is 3. The number of benzene rings is 2. The van der Waals surface area contributed by atoms with Crippen LogP contribution in [0.4, 0.5) is 4.39 Å². The quantitative estimate of drug-likeness (QED) is 0.504. The molecule has 0 amide bonds. The van der Waals surface area contributed by atoms with Crippen LogP contribution in [0.1, 0.15) is 53.6 Å². The third-order valence-electron chi connectivity index (χ3n) is 4.86. The van der Waals surface area contributed by atoms with Gasteiger partial charge in [0.25, 0.3) is 0 Å². The van der Waals surface area contributed by atoms with E-state index in [1.165, 1.54) is 6.07 Å². The van der Waals surface area contributed by atoms with Gasteiger partial charge in [-0.15, -0.1) is 0 Å². The normalized spacial score (nSPS) is 15.2. The van der Waals surface area contributed by atoms with E-state index < -0.39 is 5.97 Å². The fourth-order valence-electron chi connectivity index (χ4n) is 3.57. The molecule has 0 radical (unpaired) electrons. The van der Waals surface area contributed by atoms with Gasteiger partial charge in [-0.2, -0.15) is 0 Å². The predicted octanol–water partition coefficient (Wildman–Crippen LogP) is 5.25. The summed E-state index contributed by atoms with van der Waals surface area (Å²) in [6.45, 7) is 3.99. The molecule has 0 aliphatic carbocycles. The van der Waals surface area contributed by atoms with Crippen LogP contribution in [0.25, 0.3) is 5.69 Å². The second kappa shape index (κ2) is 7.91. The van der Waals surface area contributed by atoms with Crippen LogP contribution in [-0.4, -0.2) is 27.8 Å². The number of carbonyl (C=O) groups excluding carboxylic acids is 1. The standard InChI is InChI=1S/C22H19BrFN3O2/c1-3-17-21-20(22(28)29-4-2)25-12-27(21)18-10-9-13(23)11-15(18)19(26-17)14-7-5-6-8-16(14)24/h5-12,17H,3-4H2,1-2H3/t17-/m1/s1. The Kier molecular flexibility index (Phi) is 5.32. The lowest BCUT2D eigenvalue weighted by Crippen LogP contribution is -2.12. The summed E-state index contributed by atoms with van der Waals surface area (Å²) in [6, 6.07) is 11.9. The minimum atomic E-state index is -0.483. The van der Waals surface area contributed by atoms with E-state index in [9.17, 15) is 9.18 Å². The third kappa shape index (κ3) is 3.40. The van der Waals surface area contributed by atoms with Gasteiger partial charge in [-0.1, -0.05) is 35.0 Å². The molecular formula is C22H19BrFN3O2. The number of fused-ring (bicyclic) bond motifs is 3. The number of ether oxygens (including phenoxy) is 1. The topological polar surface area (TPSA) is 56.5 Å². The lowest BCUT2D eigenvalue weighted by molar-refractivity contribution is 0.0518. The van der Waals surface area contributed by atoms with Gasteiger partial charge < -0.3 is 4.74 Å². The molecule has 2 heterocycles. The molecule has 0 spiro atoms. The molecule has 1 aliphatic rings. The molecule has 0 saturated carbocycles. The van der Waals surface area contributed by atoms with Crippen LogP contribution < -0.4 is 0 Å². The smallest absolute Gasteiger partial charge is 0.358 e. The van der Waals surface area contributed by atoms with Crippen LogP contribution in [-0.2, 0) is 4.74 Å². The molecule has 0 bridgehead atoms. The molecule has 0 saturated heterocycles. The summed E-state index contributed by atoms with van der Waals surface area (Å²) in [4.78, 5) is 21.7. The molecule has 148 valence electrons. The van der Waals surface area contributed by atoms with Gasteiger partial charge >= 0.3 is 5.97 Å². The minimum absolute atomic E-state index is 0.242. The number of carbonyl (C=O) groups is 1. The molecule has 0 unspecified atom stereocenters. The summed E-state index contributed by atoms with van der Waals surface area (Å²) < 4.78 is 22.6. The molecule has 4 rings (SSSR count). The van der Waals surface area contributed by atoms with Crippen molar-refractivity contribution in [3.05, 3.63) is 81.6 Å². The highest BCUT2D eigenvalue weighted by Crippen LogP contribution is 2.35. The molecular weight excluding hydrogens is 437 g/mol. The fourth-order valence-corrected chi connectivity index (χ4v) is 3.93. The van der Waals surface area contributed by atoms with Crippen LogP contribution in [0.15, 0.2) is 58.3 Å². The molecule has 0 fully saturated rings. The summed E-state index contributed by atoms with van der Waals surface area (Å²) in [7, 11) is 0. The number of rotatable bonds is 4. The first-order valence-electron chi connectivity index (χ1n) is 9.42. The highest BCUT2D eigenvalue weighted by Gasteiger charge is 2.31. The highest BCUT2D eigenvalue weighted by atomic mass is 79.9. The zero-order valence-electron chi connectivity index (χ0n) is 16.0. The SMILES string of the molecule is CCOC(=O)c1ncn2c1[C@@H](CC)N=C(c1ccccc1F)c1cc(Br)ccc1-2. The first-order valence-corrected chi connectivity index (χ1v) is 10.2. The van der Waals surface area contributed by atoms with Crippen LogP contribution in [0.2, 0.25) is 0 Å². The molecule has 1 aliphatic heterocycles. The van der Waals surface area contributed by atoms with Gasteiger partial charge in [0.05, 0.1) is 29.7 Å². The minimum Gasteiger partial charge on any atom is -0.461 e. The van der Waals surface area contributed by atoms with Crippen molar-refractivity contribution in [2.75, 3.05) is 6.61 Å². The predicted molar refractivity (Wildman–Crippen MR) is 112 cm³/mol. The Morgan fingerprint density at radius 2 is 2.00 bits per heavy atom. The lowest BCUT2D eigenvalue weighted by Gasteiger charge is -2.13. The summed E-state index contributed by atoms with van der Waals surface area (Å²) in [5, 5.41) is 0. The van der Waals surface area contributed by atoms with Crippen molar-refractivity contribution < 1.29 is 13.9 Å². The third-order valence-corrected chi connectivity index (χ3v) is 5.36. The van der Waals surface area contributed by atoms with E-state index >= 15 is 0 Å². The molecule has 7 heteroatoms. The molecule has 3 aromatic rings. The van der Waals surface area contributed by atoms with E-state index in [1.54, 1.807) is 31.5 Å². The number of esters is 1. The van der Waals surface area contributed by atoms with Crippen LogP contribution in [0, 0.1) is 5.82 Å². The van der Waals surface area contributed by atoms with E-state index in [0.29, 0.717) is 23.4 Å². The molecule has 2 aromatic carbocycles. The number of imidazole rings is 1. The Morgan fingerprint density at radius 3 is 2.72 bits per heavy atom. The van der Waals surface area contributed by atoms with E-state index in [1.807, 2.05) is 29.7 Å². The Morgan fingerprint density at radius 1 is 1.21 bits per heavy atom. The molecule has 29 heavy (non-hydrogen) atoms. The van der Waals surface area contributed by atoms with E-state index in [-0.39, 0.29) is 24.2 Å². The van der Waals surface area contributed by atoms with Crippen molar-refractivity contribution in [2.45, 2.75) is 26.3 Å². The molecule has 5 nitrogen and oxygen atoms in total. The maximum Gasteiger partial charge on any atom is 0.358 e. The van der Waals surface area contributed by atoms with Gasteiger partial charge in [0.15, 0.2) is 5.69 Å². The summed E-state index contributed by atoms with van der Waals surface area (Å²) in [5.41, 5.74) is 3.40. The first kappa shape index (κ1) is 19.5. The van der Waals surface area contributed by atoms with Crippen molar-refractivity contribution in [3.63, 3.8) is 0 Å². The summed E-state index contributed by atoms with van der Waals surface area (Å²) in [6.07, 6.45) is 2.22. The maximum absolute atomic E-state index is 14.7. The second-order valence-corrected chi connectivity index (χ2v) is 7.53. The van der Waals surface area contributed by atoms with Gasteiger partial charge in [-0.05, 0) is 43.7 Å². The number of hydrogen-bond donors (Lipinski definition) is 0. The molecule has 0 N–H and O–H groups in total. The zero-order valence-corrected chi connectivity index (χ0v) is 17.6. The highest BCUT2D eigenvalue weighted by molar-refractivity contribution is 9.10. The van der Waals surface area contributed by atoms with Gasteiger partial charge in [0, 0.05) is 15.6 Å². The van der Waals surface area contributed by atoms with Crippen LogP contribution in [0.3, 0.4) is 0 Å². The Bertz CT molecular complexity index is 1120. The number of hydrogen-bond acceptors (Lipinski definition) is 4. The van der Waals surface area contributed by atoms with Crippen molar-refractivity contribution >= 4 is 27.6 Å². The monoisotopic (exact) mass is 455 g/mol. The Balaban J connectivity index is 2.02. The van der Waals surface area contributed by atoms with Gasteiger partial charge in [-0.25, -0.2) is 14.2 Å². The Hall–Kier alpha value is -2.80. The van der Waals surface area contributed by atoms with Gasteiger partial charge in [-0.3, -0.25) is 9.56 Å². The second-order valence-electron chi connectivity index (χ2n) is 6.61. The number of aliphatic imine (C=N–C) groups is 1. The average molecular weight is 456 g/mol. The number of halogens is 2. The van der Waals surface area contributed by atoms with Crippen LogP contribution in [0.5, 0.6) is 0 Å².